The van der Waals surface area contributed by atoms with Crippen LogP contribution in [0, 0.1) is 0 Å². The number of rotatable bonds is 4. The largest absolute Gasteiger partial charge is 0.341 e. The summed E-state index contributed by atoms with van der Waals surface area (Å²) in [6, 6.07) is 10.5. The van der Waals surface area contributed by atoms with E-state index in [1.54, 1.807) is 6.20 Å². The maximum Gasteiger partial charge on any atom is 0.227 e. The topological polar surface area (TPSA) is 53.4 Å². The fourth-order valence-corrected chi connectivity index (χ4v) is 3.77. The van der Waals surface area contributed by atoms with Gasteiger partial charge in [-0.15, -0.1) is 0 Å². The van der Waals surface area contributed by atoms with Crippen LogP contribution in [-0.4, -0.2) is 70.8 Å². The lowest BCUT2D eigenvalue weighted by Gasteiger charge is -2.32. The van der Waals surface area contributed by atoms with Crippen LogP contribution in [-0.2, 0) is 11.2 Å². The Morgan fingerprint density at radius 3 is 2.76 bits per heavy atom. The lowest BCUT2D eigenvalue weighted by atomic mass is 10.2. The second-order valence-electron chi connectivity index (χ2n) is 6.87. The first-order valence-corrected chi connectivity index (χ1v) is 9.11. The molecule has 0 radical (unpaired) electrons. The zero-order valence-electron chi connectivity index (χ0n) is 14.5. The Bertz CT molecular complexity index is 708. The standard InChI is InChI=1S/C19H25N5O/c25-19(23-9-6-18(15-23)22-10-7-20-8-11-22)12-16-13-21-24(14-16)17-4-2-1-3-5-17/h1-5,13-14,18,20H,6-12,15H2. The van der Waals surface area contributed by atoms with Crippen LogP contribution < -0.4 is 5.32 Å². The Morgan fingerprint density at radius 1 is 1.16 bits per heavy atom. The minimum Gasteiger partial charge on any atom is -0.341 e. The van der Waals surface area contributed by atoms with E-state index in [2.05, 4.69) is 15.3 Å². The first-order valence-electron chi connectivity index (χ1n) is 9.11. The number of para-hydroxylation sites is 1. The number of amides is 1. The molecule has 1 amide bonds. The van der Waals surface area contributed by atoms with E-state index in [0.717, 1.165) is 56.9 Å². The molecule has 2 saturated heterocycles. The smallest absolute Gasteiger partial charge is 0.227 e. The third-order valence-corrected chi connectivity index (χ3v) is 5.20. The number of nitrogens with zero attached hydrogens (tertiary/aromatic N) is 4. The minimum atomic E-state index is 0.213. The molecule has 1 aromatic carbocycles. The van der Waals surface area contributed by atoms with Crippen LogP contribution in [0.5, 0.6) is 0 Å². The first-order chi connectivity index (χ1) is 12.3. The third kappa shape index (κ3) is 3.75. The Kier molecular flexibility index (Phi) is 4.81. The molecule has 1 N–H and O–H groups in total. The summed E-state index contributed by atoms with van der Waals surface area (Å²) in [7, 11) is 0. The third-order valence-electron chi connectivity index (χ3n) is 5.20. The second kappa shape index (κ2) is 7.37. The Hall–Kier alpha value is -2.18. The number of hydrogen-bond acceptors (Lipinski definition) is 4. The van der Waals surface area contributed by atoms with Gasteiger partial charge in [0.2, 0.25) is 5.91 Å². The van der Waals surface area contributed by atoms with Gasteiger partial charge in [0, 0.05) is 51.5 Å². The van der Waals surface area contributed by atoms with Crippen LogP contribution in [0.2, 0.25) is 0 Å². The van der Waals surface area contributed by atoms with E-state index in [1.165, 1.54) is 0 Å². The molecule has 4 rings (SSSR count). The maximum absolute atomic E-state index is 12.6. The van der Waals surface area contributed by atoms with E-state index in [4.69, 9.17) is 0 Å². The summed E-state index contributed by atoms with van der Waals surface area (Å²) in [6.07, 6.45) is 5.28. The first kappa shape index (κ1) is 16.3. The molecule has 3 heterocycles. The van der Waals surface area contributed by atoms with Crippen LogP contribution in [0.3, 0.4) is 0 Å². The van der Waals surface area contributed by atoms with Crippen LogP contribution in [0.4, 0.5) is 0 Å². The van der Waals surface area contributed by atoms with Gasteiger partial charge in [-0.05, 0) is 24.1 Å². The Labute approximate surface area is 148 Å². The molecule has 0 spiro atoms. The average Bonchev–Trinajstić information content (AvgIpc) is 3.33. The van der Waals surface area contributed by atoms with Gasteiger partial charge < -0.3 is 10.2 Å². The van der Waals surface area contributed by atoms with Crippen molar-refractivity contribution < 1.29 is 4.79 Å². The van der Waals surface area contributed by atoms with Gasteiger partial charge in [0.05, 0.1) is 18.3 Å². The van der Waals surface area contributed by atoms with E-state index in [1.807, 2.05) is 46.1 Å². The van der Waals surface area contributed by atoms with E-state index in [0.29, 0.717) is 12.5 Å². The zero-order chi connectivity index (χ0) is 17.1. The molecular formula is C19H25N5O. The summed E-state index contributed by atoms with van der Waals surface area (Å²) in [5.74, 6) is 0.213. The molecule has 2 fully saturated rings. The number of piperazine rings is 1. The number of carbonyl (C=O) groups is 1. The van der Waals surface area contributed by atoms with Crippen LogP contribution in [0.25, 0.3) is 5.69 Å². The van der Waals surface area contributed by atoms with Gasteiger partial charge in [-0.2, -0.15) is 5.10 Å². The van der Waals surface area contributed by atoms with E-state index in [-0.39, 0.29) is 5.91 Å². The molecule has 0 saturated carbocycles. The van der Waals surface area contributed by atoms with Gasteiger partial charge in [-0.3, -0.25) is 9.69 Å². The van der Waals surface area contributed by atoms with Crippen LogP contribution in [0.1, 0.15) is 12.0 Å². The fraction of sp³-hybridized carbons (Fsp3) is 0.474. The normalized spacial score (nSPS) is 21.6. The van der Waals surface area contributed by atoms with Crippen LogP contribution in [0.15, 0.2) is 42.7 Å². The molecule has 0 bridgehead atoms. The molecule has 0 aliphatic carbocycles. The number of likely N-dealkylation sites (tertiary alicyclic amines) is 1. The molecule has 6 nitrogen and oxygen atoms in total. The molecule has 1 atom stereocenters. The monoisotopic (exact) mass is 339 g/mol. The fourth-order valence-electron chi connectivity index (χ4n) is 3.77. The van der Waals surface area contributed by atoms with Crippen molar-refractivity contribution in [1.82, 2.24) is 24.9 Å². The number of nitrogens with one attached hydrogen (secondary N) is 1. The highest BCUT2D eigenvalue weighted by atomic mass is 16.2. The summed E-state index contributed by atoms with van der Waals surface area (Å²) in [5.41, 5.74) is 1.99. The van der Waals surface area contributed by atoms with Crippen molar-refractivity contribution in [3.05, 3.63) is 48.3 Å². The molecular weight excluding hydrogens is 314 g/mol. The molecule has 2 aliphatic heterocycles. The van der Waals surface area contributed by atoms with Gasteiger partial charge in [-0.25, -0.2) is 4.68 Å². The summed E-state index contributed by atoms with van der Waals surface area (Å²) < 4.78 is 1.83. The Morgan fingerprint density at radius 2 is 1.96 bits per heavy atom. The highest BCUT2D eigenvalue weighted by Gasteiger charge is 2.30. The molecule has 25 heavy (non-hydrogen) atoms. The van der Waals surface area contributed by atoms with E-state index in [9.17, 15) is 4.79 Å². The van der Waals surface area contributed by atoms with Crippen molar-refractivity contribution >= 4 is 5.91 Å². The lowest BCUT2D eigenvalue weighted by molar-refractivity contribution is -0.129. The average molecular weight is 339 g/mol. The van der Waals surface area contributed by atoms with Gasteiger partial charge >= 0.3 is 0 Å². The minimum absolute atomic E-state index is 0.213. The van der Waals surface area contributed by atoms with Crippen molar-refractivity contribution in [3.8, 4) is 5.69 Å². The predicted octanol–water partition coefficient (Wildman–Crippen LogP) is 0.921. The highest BCUT2D eigenvalue weighted by molar-refractivity contribution is 5.79. The molecule has 1 aromatic heterocycles. The number of hydrogen-bond donors (Lipinski definition) is 1. The van der Waals surface area contributed by atoms with E-state index < -0.39 is 0 Å². The quantitative estimate of drug-likeness (QED) is 0.900. The summed E-state index contributed by atoms with van der Waals surface area (Å²) >= 11 is 0. The van der Waals surface area contributed by atoms with Gasteiger partial charge in [0.15, 0.2) is 0 Å². The molecule has 1 unspecified atom stereocenters. The van der Waals surface area contributed by atoms with E-state index >= 15 is 0 Å². The van der Waals surface area contributed by atoms with Gasteiger partial charge in [0.25, 0.3) is 0 Å². The van der Waals surface area contributed by atoms with Crippen molar-refractivity contribution in [1.29, 1.82) is 0 Å². The maximum atomic E-state index is 12.6. The Balaban J connectivity index is 1.34. The van der Waals surface area contributed by atoms with Crippen molar-refractivity contribution in [2.45, 2.75) is 18.9 Å². The van der Waals surface area contributed by atoms with Crippen LogP contribution >= 0.6 is 0 Å². The zero-order valence-corrected chi connectivity index (χ0v) is 14.5. The summed E-state index contributed by atoms with van der Waals surface area (Å²) in [5, 5.41) is 7.77. The molecule has 2 aromatic rings. The summed E-state index contributed by atoms with van der Waals surface area (Å²) in [4.78, 5) is 17.2. The number of benzene rings is 1. The highest BCUT2D eigenvalue weighted by Crippen LogP contribution is 2.18. The van der Waals surface area contributed by atoms with Gasteiger partial charge in [-0.1, -0.05) is 18.2 Å². The molecule has 132 valence electrons. The predicted molar refractivity (Wildman–Crippen MR) is 96.7 cm³/mol. The van der Waals surface area contributed by atoms with Gasteiger partial charge in [0.1, 0.15) is 0 Å². The second-order valence-corrected chi connectivity index (χ2v) is 6.87. The SMILES string of the molecule is O=C(Cc1cnn(-c2ccccc2)c1)N1CCC(N2CCNCC2)C1. The molecule has 2 aliphatic rings. The van der Waals surface area contributed by atoms with Crippen molar-refractivity contribution in [2.24, 2.45) is 0 Å². The van der Waals surface area contributed by atoms with Crippen molar-refractivity contribution in [2.75, 3.05) is 39.3 Å². The van der Waals surface area contributed by atoms with Crippen molar-refractivity contribution in [3.63, 3.8) is 0 Å². The number of carbonyl (C=O) groups excluding carboxylic acids is 1. The lowest BCUT2D eigenvalue weighted by Crippen LogP contribution is -2.49. The number of aromatic nitrogens is 2. The summed E-state index contributed by atoms with van der Waals surface area (Å²) in [6.45, 7) is 6.05. The molecule has 6 heteroatoms.